The molecule has 4 N–H and O–H groups in total. The maximum absolute atomic E-state index is 13.4. The number of imidazole rings is 4. The lowest BCUT2D eigenvalue weighted by atomic mass is 10.1. The SMILES string of the molecule is CCCn1c(=O)c2[nH]c(-c3cnn(CC(=O)Cl)c3)nc2n(CCC)c1=O.CCCn1c(=O)c2[nH]c(-c3cnn(CC(=O)N4CCN(c5cccc(C(F)(F)F)c5)CC4)c3)nc2n(CCC)c1=O.CCCn1c(=O)c2c(nc(-c3cn[nH]c3)n2COCC[Si](C)(C)C)n(CCC)c1=O.CCCn1c(=O)c2c(nc(-c3cnn(CC(=O)O)c3)n2COCC[Si](C)(C)C)n(CCC)c1=O. The number of benzene rings is 1. The third-order valence-electron chi connectivity index (χ3n) is 21.5. The number of hydrogen-bond donors (Lipinski definition) is 4. The van der Waals surface area contributed by atoms with Gasteiger partial charge in [0.2, 0.25) is 11.1 Å². The summed E-state index contributed by atoms with van der Waals surface area (Å²) in [5.41, 5.74) is 1.79. The number of aromatic nitrogens is 24. The van der Waals surface area contributed by atoms with Crippen LogP contribution in [0.3, 0.4) is 0 Å². The number of carbonyl (C=O) groups is 3. The number of ether oxygens (including phenoxy) is 2. The van der Waals surface area contributed by atoms with Gasteiger partial charge in [0.15, 0.2) is 33.6 Å². The average Bonchev–Trinajstić information content (AvgIpc) is 1.59. The van der Waals surface area contributed by atoms with Crippen molar-refractivity contribution >= 4 is 95.2 Å². The van der Waals surface area contributed by atoms with Crippen molar-refractivity contribution in [1.82, 2.24) is 120 Å². The van der Waals surface area contributed by atoms with E-state index in [-0.39, 0.29) is 83.9 Å². The van der Waals surface area contributed by atoms with Crippen molar-refractivity contribution < 1.29 is 42.1 Å². The van der Waals surface area contributed by atoms with Gasteiger partial charge >= 0.3 is 34.9 Å². The molecule has 1 aromatic carbocycles. The monoisotopic (exact) mass is 1870 g/mol. The topological polar surface area (TPSA) is 448 Å². The van der Waals surface area contributed by atoms with E-state index in [2.05, 4.69) is 89.7 Å². The third kappa shape index (κ3) is 23.3. The van der Waals surface area contributed by atoms with Crippen molar-refractivity contribution in [2.45, 2.75) is 250 Å². The van der Waals surface area contributed by atoms with Crippen LogP contribution in [0.15, 0.2) is 112 Å². The second-order valence-corrected chi connectivity index (χ2v) is 46.0. The molecule has 706 valence electrons. The zero-order valence-corrected chi connectivity index (χ0v) is 79.2. The van der Waals surface area contributed by atoms with Crippen LogP contribution >= 0.6 is 11.6 Å². The van der Waals surface area contributed by atoms with E-state index in [0.717, 1.165) is 42.6 Å². The first-order valence-electron chi connectivity index (χ1n) is 44.2. The summed E-state index contributed by atoms with van der Waals surface area (Å²) in [4.78, 5) is 167. The number of aromatic amines is 3. The molecule has 0 spiro atoms. The fourth-order valence-corrected chi connectivity index (χ4v) is 16.6. The van der Waals surface area contributed by atoms with Crippen LogP contribution in [0.1, 0.15) is 112 Å². The number of aliphatic carboxylic acids is 1. The van der Waals surface area contributed by atoms with E-state index >= 15 is 0 Å². The number of piperazine rings is 1. The van der Waals surface area contributed by atoms with Crippen molar-refractivity contribution in [3.63, 3.8) is 0 Å². The van der Waals surface area contributed by atoms with E-state index in [4.69, 9.17) is 31.2 Å². The number of anilines is 1. The minimum Gasteiger partial charge on any atom is -0.480 e. The predicted molar refractivity (Wildman–Crippen MR) is 496 cm³/mol. The fourth-order valence-electron chi connectivity index (χ4n) is 15.0. The largest absolute Gasteiger partial charge is 0.480 e. The van der Waals surface area contributed by atoms with Gasteiger partial charge in [0.05, 0.1) is 52.6 Å². The molecule has 1 aliphatic heterocycles. The number of carbonyl (C=O) groups excluding carboxylic acids is 2. The molecule has 12 aromatic heterocycles. The molecule has 0 bridgehead atoms. The number of carboxylic acid groups (broad SMARTS) is 1. The van der Waals surface area contributed by atoms with Gasteiger partial charge in [-0.1, -0.05) is 101 Å². The van der Waals surface area contributed by atoms with Crippen LogP contribution in [0.4, 0.5) is 18.9 Å². The van der Waals surface area contributed by atoms with Crippen molar-refractivity contribution in [3.05, 3.63) is 163 Å². The number of rotatable bonds is 37. The summed E-state index contributed by atoms with van der Waals surface area (Å²) < 4.78 is 70.0. The molecular formula is C85H116ClF3N26O14Si2. The van der Waals surface area contributed by atoms with Gasteiger partial charge in [-0.3, -0.25) is 98.4 Å². The van der Waals surface area contributed by atoms with E-state index in [1.54, 1.807) is 55.7 Å². The molecule has 0 radical (unpaired) electrons. The maximum atomic E-state index is 13.4. The smallest absolute Gasteiger partial charge is 0.416 e. The highest BCUT2D eigenvalue weighted by Gasteiger charge is 2.33. The number of hydrogen-bond acceptors (Lipinski definition) is 22. The molecule has 13 aromatic rings. The Balaban J connectivity index is 0.000000171. The third-order valence-corrected chi connectivity index (χ3v) is 25.0. The first-order chi connectivity index (χ1) is 62.4. The van der Waals surface area contributed by atoms with Gasteiger partial charge < -0.3 is 34.3 Å². The first kappa shape index (κ1) is 99.1. The quantitative estimate of drug-likeness (QED) is 0.0160. The minimum absolute atomic E-state index is 0.0341. The lowest BCUT2D eigenvalue weighted by Gasteiger charge is -2.36. The number of aryl methyl sites for hydroxylation is 4. The zero-order chi connectivity index (χ0) is 95.1. The van der Waals surface area contributed by atoms with E-state index < -0.39 is 55.9 Å². The van der Waals surface area contributed by atoms with Crippen LogP contribution in [0.5, 0.6) is 0 Å². The predicted octanol–water partition coefficient (Wildman–Crippen LogP) is 9.59. The number of nitrogens with zero attached hydrogens (tertiary/aromatic N) is 23. The number of halogens is 4. The Hall–Kier alpha value is -12.5. The molecular weight excluding hydrogens is 1760 g/mol. The molecule has 0 unspecified atom stereocenters. The van der Waals surface area contributed by atoms with Gasteiger partial charge in [-0.25, -0.2) is 39.1 Å². The Kier molecular flexibility index (Phi) is 32.9. The molecule has 0 saturated carbocycles. The van der Waals surface area contributed by atoms with Crippen molar-refractivity contribution in [2.75, 3.05) is 44.3 Å². The summed E-state index contributed by atoms with van der Waals surface area (Å²) in [6.07, 6.45) is 13.9. The van der Waals surface area contributed by atoms with Crippen LogP contribution in [-0.2, 0) is 115 Å². The molecule has 13 heterocycles. The highest BCUT2D eigenvalue weighted by Crippen LogP contribution is 2.33. The summed E-state index contributed by atoms with van der Waals surface area (Å²) in [7, 11) is -2.54. The van der Waals surface area contributed by atoms with Gasteiger partial charge in [0.25, 0.3) is 22.2 Å². The zero-order valence-electron chi connectivity index (χ0n) is 76.5. The highest BCUT2D eigenvalue weighted by atomic mass is 35.5. The number of carboxylic acids is 1. The van der Waals surface area contributed by atoms with E-state index in [1.165, 1.54) is 70.7 Å². The second-order valence-electron chi connectivity index (χ2n) is 34.3. The fraction of sp³-hybridized carbons (Fsp3) is 0.518. The Bertz CT molecular complexity index is 6730. The molecule has 40 nitrogen and oxygen atoms in total. The Labute approximate surface area is 755 Å². The maximum Gasteiger partial charge on any atom is 0.416 e. The number of fused-ring (bicyclic) bond motifs is 4. The average molecular weight is 1870 g/mol. The number of alkyl halides is 3. The summed E-state index contributed by atoms with van der Waals surface area (Å²) >= 11 is 5.37. The number of H-pyrrole nitrogens is 3. The van der Waals surface area contributed by atoms with E-state index in [9.17, 15) is 65.9 Å². The molecule has 131 heavy (non-hydrogen) atoms. The van der Waals surface area contributed by atoms with Crippen LogP contribution in [0.2, 0.25) is 51.4 Å². The van der Waals surface area contributed by atoms with Crippen molar-refractivity contribution in [1.29, 1.82) is 0 Å². The molecule has 0 aliphatic carbocycles. The van der Waals surface area contributed by atoms with Gasteiger partial charge in [-0.05, 0) is 93.3 Å². The lowest BCUT2D eigenvalue weighted by Crippen LogP contribution is -2.49. The lowest BCUT2D eigenvalue weighted by molar-refractivity contribution is -0.138. The Morgan fingerprint density at radius 2 is 0.847 bits per heavy atom. The van der Waals surface area contributed by atoms with Crippen LogP contribution < -0.4 is 49.9 Å². The van der Waals surface area contributed by atoms with Gasteiger partial charge in [-0.2, -0.15) is 33.6 Å². The summed E-state index contributed by atoms with van der Waals surface area (Å²) in [5.74, 6) is 0.565. The van der Waals surface area contributed by atoms with Gasteiger partial charge in [0.1, 0.15) is 67.4 Å². The molecule has 46 heteroatoms. The number of nitrogens with one attached hydrogen (secondary N) is 3. The summed E-state index contributed by atoms with van der Waals surface area (Å²) in [6.45, 7) is 35.0. The van der Waals surface area contributed by atoms with Gasteiger partial charge in [-0.15, -0.1) is 0 Å². The first-order valence-corrected chi connectivity index (χ1v) is 52.0. The van der Waals surface area contributed by atoms with E-state index in [1.807, 2.05) is 60.3 Å². The van der Waals surface area contributed by atoms with Crippen LogP contribution in [0.25, 0.3) is 90.2 Å². The van der Waals surface area contributed by atoms with Crippen molar-refractivity contribution in [2.24, 2.45) is 0 Å². The molecule has 1 aliphatic rings. The molecule has 1 amide bonds. The summed E-state index contributed by atoms with van der Waals surface area (Å²) in [6, 6.07) is 7.18. The standard InChI is InChI=1S/C27H31F3N8O3.C22H34N6O5Si.C20H32N6O3Si.C16H19ClN6O3/c1-3-8-37-24-22(25(40)38(9-4-2)26(37)41)32-23(33-24)18-15-31-36(16-18)17-21(39)35-12-10-34(11-13-35)20-7-5-6-19(14-20)27(28,29)30;1-6-8-26-20-18(21(31)27(9-7-2)22(26)32)28(15-33-10-11-34(3,4)5)19(24-20)16-12-23-25(13-16)14-17(29)30;1-6-8-24-18-16(19(27)25(9-7-2)20(24)28)26(14-29-10-11-30(3,4)5)17(23-18)15-12-21-22-13-15;1-3-5-22-14-12(15(25)23(6-4-2)16(22)26)19-13(20-14)10-7-18-21(8-10)9-11(17)24/h5-7,14-16H,3-4,8-13,17H2,1-2H3,(H,32,33);12-13H,6-11,14-15H2,1-5H3,(H,29,30);12-13H,6-11,14H2,1-5H3,(H,21,22);7-8H,3-6,9H2,1-2H3,(H,19,20). The van der Waals surface area contributed by atoms with Crippen LogP contribution in [0, 0.1) is 0 Å². The number of amides is 1. The Morgan fingerprint density at radius 1 is 0.466 bits per heavy atom. The molecule has 14 rings (SSSR count). The normalized spacial score (nSPS) is 12.6. The molecule has 1 saturated heterocycles. The van der Waals surface area contributed by atoms with Crippen LogP contribution in [-0.4, -0.2) is 198 Å². The second kappa shape index (κ2) is 43.5. The molecule has 1 fully saturated rings. The molecule has 0 atom stereocenters. The van der Waals surface area contributed by atoms with Gasteiger partial charge in [0, 0.05) is 138 Å². The Morgan fingerprint density at radius 3 is 1.24 bits per heavy atom. The van der Waals surface area contributed by atoms with E-state index in [0.29, 0.717) is 204 Å². The minimum atomic E-state index is -4.41. The highest BCUT2D eigenvalue weighted by molar-refractivity contribution is 6.76. The summed E-state index contributed by atoms with van der Waals surface area (Å²) in [5, 5.41) is 27.8. The van der Waals surface area contributed by atoms with Crippen molar-refractivity contribution in [3.8, 4) is 45.6 Å².